The molecule has 0 unspecified atom stereocenters. The molecule has 5 nitrogen and oxygen atoms in total. The van der Waals surface area contributed by atoms with Crippen molar-refractivity contribution in [3.63, 3.8) is 0 Å². The number of hydrogen-bond donors (Lipinski definition) is 0. The van der Waals surface area contributed by atoms with Crippen LogP contribution in [-0.2, 0) is 11.3 Å². The van der Waals surface area contributed by atoms with Gasteiger partial charge in [-0.2, -0.15) is 0 Å². The normalized spacial score (nSPS) is 11.8. The van der Waals surface area contributed by atoms with Crippen LogP contribution in [0.25, 0.3) is 11.4 Å². The van der Waals surface area contributed by atoms with E-state index in [9.17, 15) is 9.18 Å². The highest BCUT2D eigenvalue weighted by Crippen LogP contribution is 2.28. The summed E-state index contributed by atoms with van der Waals surface area (Å²) in [5.41, 5.74) is 1.59. The first-order valence-corrected chi connectivity index (χ1v) is 9.68. The van der Waals surface area contributed by atoms with Crippen molar-refractivity contribution in [2.75, 3.05) is 11.9 Å². The second-order valence-electron chi connectivity index (χ2n) is 6.21. The molecule has 1 amide bonds. The first kappa shape index (κ1) is 19.8. The number of rotatable bonds is 7. The molecule has 0 spiro atoms. The van der Waals surface area contributed by atoms with E-state index >= 15 is 0 Å². The van der Waals surface area contributed by atoms with Gasteiger partial charge in [-0.1, -0.05) is 36.0 Å². The third-order valence-electron chi connectivity index (χ3n) is 4.23. The van der Waals surface area contributed by atoms with Gasteiger partial charge in [0.1, 0.15) is 5.82 Å². The van der Waals surface area contributed by atoms with Crippen molar-refractivity contribution in [1.82, 2.24) is 14.8 Å². The zero-order chi connectivity index (χ0) is 20.1. The molecule has 0 bridgehead atoms. The third kappa shape index (κ3) is 4.31. The summed E-state index contributed by atoms with van der Waals surface area (Å²) in [5.74, 6) is 0.266. The first-order valence-electron chi connectivity index (χ1n) is 8.80. The van der Waals surface area contributed by atoms with E-state index in [1.165, 1.54) is 23.9 Å². The van der Waals surface area contributed by atoms with E-state index in [1.54, 1.807) is 30.2 Å². The van der Waals surface area contributed by atoms with Gasteiger partial charge in [0.05, 0.1) is 5.25 Å². The first-order chi connectivity index (χ1) is 13.5. The third-order valence-corrected chi connectivity index (χ3v) is 5.30. The number of benzene rings is 2. The zero-order valence-corrected chi connectivity index (χ0v) is 16.6. The highest BCUT2D eigenvalue weighted by molar-refractivity contribution is 8.00. The van der Waals surface area contributed by atoms with Gasteiger partial charge in [0.15, 0.2) is 11.0 Å². The largest absolute Gasteiger partial charge is 0.315 e. The van der Waals surface area contributed by atoms with Crippen molar-refractivity contribution in [1.29, 1.82) is 0 Å². The molecule has 3 rings (SSSR count). The number of para-hydroxylation sites is 1. The van der Waals surface area contributed by atoms with Gasteiger partial charge in [-0.3, -0.25) is 9.36 Å². The van der Waals surface area contributed by atoms with Crippen molar-refractivity contribution >= 4 is 23.4 Å². The Balaban J connectivity index is 1.82. The molecule has 0 aliphatic rings. The second kappa shape index (κ2) is 8.84. The Labute approximate surface area is 167 Å². The zero-order valence-electron chi connectivity index (χ0n) is 15.7. The lowest BCUT2D eigenvalue weighted by atomic mass is 10.2. The number of carbonyl (C=O) groups is 1. The summed E-state index contributed by atoms with van der Waals surface area (Å²) < 4.78 is 15.1. The lowest BCUT2D eigenvalue weighted by Crippen LogP contribution is -2.33. The number of thioether (sulfide) groups is 1. The fraction of sp³-hybridized carbons (Fsp3) is 0.190. The molecule has 144 valence electrons. The Bertz CT molecular complexity index is 956. The van der Waals surface area contributed by atoms with Crippen molar-refractivity contribution in [2.45, 2.75) is 23.9 Å². The van der Waals surface area contributed by atoms with E-state index in [0.29, 0.717) is 17.5 Å². The summed E-state index contributed by atoms with van der Waals surface area (Å²) in [6.07, 6.45) is 1.74. The van der Waals surface area contributed by atoms with Gasteiger partial charge in [0.25, 0.3) is 0 Å². The van der Waals surface area contributed by atoms with Gasteiger partial charge < -0.3 is 4.90 Å². The number of carbonyl (C=O) groups excluding carboxylic acids is 1. The minimum atomic E-state index is -0.362. The predicted octanol–water partition coefficient (Wildman–Crippen LogP) is 4.41. The molecule has 1 atom stereocenters. The summed E-state index contributed by atoms with van der Waals surface area (Å²) in [6, 6.07) is 15.6. The molecule has 2 aromatic carbocycles. The SMILES string of the molecule is C=CCn1c(S[C@@H](C)C(=O)N(C)c2ccccc2)nnc1-c1ccc(F)cc1. The lowest BCUT2D eigenvalue weighted by molar-refractivity contribution is -0.117. The van der Waals surface area contributed by atoms with Crippen LogP contribution >= 0.6 is 11.8 Å². The highest BCUT2D eigenvalue weighted by Gasteiger charge is 2.23. The van der Waals surface area contributed by atoms with Crippen LogP contribution in [-0.4, -0.2) is 33.0 Å². The Morgan fingerprint density at radius 2 is 1.89 bits per heavy atom. The van der Waals surface area contributed by atoms with Gasteiger partial charge in [0, 0.05) is 24.8 Å². The van der Waals surface area contributed by atoms with Gasteiger partial charge in [0.2, 0.25) is 5.91 Å². The smallest absolute Gasteiger partial charge is 0.240 e. The molecule has 0 aliphatic heterocycles. The Hall–Kier alpha value is -2.93. The molecule has 3 aromatic rings. The number of anilines is 1. The molecule has 1 aromatic heterocycles. The molecule has 28 heavy (non-hydrogen) atoms. The van der Waals surface area contributed by atoms with E-state index < -0.39 is 0 Å². The predicted molar refractivity (Wildman–Crippen MR) is 111 cm³/mol. The summed E-state index contributed by atoms with van der Waals surface area (Å²) in [7, 11) is 1.76. The van der Waals surface area contributed by atoms with Gasteiger partial charge in [-0.15, -0.1) is 16.8 Å². The second-order valence-corrected chi connectivity index (χ2v) is 7.51. The average Bonchev–Trinajstić information content (AvgIpc) is 3.10. The Morgan fingerprint density at radius 1 is 1.21 bits per heavy atom. The molecular formula is C21H21FN4OS. The van der Waals surface area contributed by atoms with Crippen LogP contribution in [0.2, 0.25) is 0 Å². The summed E-state index contributed by atoms with van der Waals surface area (Å²) >= 11 is 1.34. The molecular weight excluding hydrogens is 375 g/mol. The summed E-state index contributed by atoms with van der Waals surface area (Å²) in [6.45, 7) is 6.11. The standard InChI is InChI=1S/C21H21FN4OS/c1-4-14-26-19(16-10-12-17(22)13-11-16)23-24-21(26)28-15(2)20(27)25(3)18-8-6-5-7-9-18/h4-13,15H,1,14H2,2-3H3/t15-/m0/s1. The van der Waals surface area contributed by atoms with Crippen LogP contribution in [0.1, 0.15) is 6.92 Å². The van der Waals surface area contributed by atoms with Gasteiger partial charge in [-0.05, 0) is 43.3 Å². The number of allylic oxidation sites excluding steroid dienone is 1. The highest BCUT2D eigenvalue weighted by atomic mass is 32.2. The van der Waals surface area contributed by atoms with Gasteiger partial charge >= 0.3 is 0 Å². The van der Waals surface area contributed by atoms with E-state index in [2.05, 4.69) is 16.8 Å². The molecule has 0 radical (unpaired) electrons. The van der Waals surface area contributed by atoms with E-state index in [4.69, 9.17) is 0 Å². The Morgan fingerprint density at radius 3 is 2.54 bits per heavy atom. The molecule has 0 aliphatic carbocycles. The maximum Gasteiger partial charge on any atom is 0.240 e. The molecule has 1 heterocycles. The van der Waals surface area contributed by atoms with Crippen LogP contribution in [0, 0.1) is 5.82 Å². The lowest BCUT2D eigenvalue weighted by Gasteiger charge is -2.21. The number of halogens is 1. The molecule has 7 heteroatoms. The van der Waals surface area contributed by atoms with E-state index in [-0.39, 0.29) is 17.0 Å². The fourth-order valence-electron chi connectivity index (χ4n) is 2.74. The van der Waals surface area contributed by atoms with Crippen molar-refractivity contribution in [3.8, 4) is 11.4 Å². The topological polar surface area (TPSA) is 51.0 Å². The minimum absolute atomic E-state index is 0.0346. The van der Waals surface area contributed by atoms with Crippen molar-refractivity contribution in [2.24, 2.45) is 0 Å². The fourth-order valence-corrected chi connectivity index (χ4v) is 3.69. The number of amides is 1. The van der Waals surface area contributed by atoms with Crippen LogP contribution in [0.5, 0.6) is 0 Å². The minimum Gasteiger partial charge on any atom is -0.315 e. The maximum absolute atomic E-state index is 13.2. The van der Waals surface area contributed by atoms with Crippen LogP contribution < -0.4 is 4.90 Å². The number of aromatic nitrogens is 3. The summed E-state index contributed by atoms with van der Waals surface area (Å²) in [4.78, 5) is 14.4. The van der Waals surface area contributed by atoms with E-state index in [1.807, 2.05) is 41.8 Å². The molecule has 0 saturated heterocycles. The van der Waals surface area contributed by atoms with Crippen molar-refractivity contribution < 1.29 is 9.18 Å². The number of nitrogens with zero attached hydrogens (tertiary/aromatic N) is 4. The monoisotopic (exact) mass is 396 g/mol. The quantitative estimate of drug-likeness (QED) is 0.438. The number of hydrogen-bond acceptors (Lipinski definition) is 4. The summed E-state index contributed by atoms with van der Waals surface area (Å²) in [5, 5.41) is 8.75. The van der Waals surface area contributed by atoms with Gasteiger partial charge in [-0.25, -0.2) is 4.39 Å². The molecule has 0 N–H and O–H groups in total. The van der Waals surface area contributed by atoms with Crippen molar-refractivity contribution in [3.05, 3.63) is 73.1 Å². The van der Waals surface area contributed by atoms with Crippen LogP contribution in [0.3, 0.4) is 0 Å². The van der Waals surface area contributed by atoms with E-state index in [0.717, 1.165) is 11.3 Å². The average molecular weight is 396 g/mol. The molecule has 0 saturated carbocycles. The Kier molecular flexibility index (Phi) is 6.26. The van der Waals surface area contributed by atoms with Crippen LogP contribution in [0.15, 0.2) is 72.4 Å². The molecule has 0 fully saturated rings. The maximum atomic E-state index is 13.2. The van der Waals surface area contributed by atoms with Crippen LogP contribution in [0.4, 0.5) is 10.1 Å².